The molecule has 0 N–H and O–H groups in total. The molecule has 1 aromatic rings. The van der Waals surface area contributed by atoms with Crippen LogP contribution in [0.4, 0.5) is 0 Å². The van der Waals surface area contributed by atoms with Gasteiger partial charge in [-0.1, -0.05) is 50.1 Å². The Morgan fingerprint density at radius 3 is 2.25 bits per heavy atom. The van der Waals surface area contributed by atoms with E-state index in [1.807, 2.05) is 18.2 Å². The quantitative estimate of drug-likeness (QED) is 0.546. The molecule has 0 aromatic heterocycles. The fourth-order valence-corrected chi connectivity index (χ4v) is 1.09. The fraction of sp³-hybridized carbons (Fsp3) is 0.462. The molecule has 0 aliphatic rings. The molecule has 16 heavy (non-hydrogen) atoms. The molecule has 3 heteroatoms. The summed E-state index contributed by atoms with van der Waals surface area (Å²) in [7, 11) is 0. The van der Waals surface area contributed by atoms with Crippen molar-refractivity contribution in [1.29, 1.82) is 0 Å². The molecule has 0 aliphatic carbocycles. The molecular weight excluding hydrogens is 276 g/mol. The molecule has 86 valence electrons. The van der Waals surface area contributed by atoms with Crippen molar-refractivity contribution < 1.29 is 21.7 Å². The molecule has 0 radical (unpaired) electrons. The minimum absolute atomic E-state index is 0. The monoisotopic (exact) mass is 294 g/mol. The van der Waals surface area contributed by atoms with Gasteiger partial charge in [0, 0.05) is 6.61 Å². The molecule has 0 unspecified atom stereocenters. The number of rotatable bonds is 5. The van der Waals surface area contributed by atoms with E-state index in [-0.39, 0.29) is 40.0 Å². The number of halogens is 1. The van der Waals surface area contributed by atoms with E-state index in [4.69, 9.17) is 4.74 Å². The van der Waals surface area contributed by atoms with Crippen molar-refractivity contribution in [3.8, 4) is 0 Å². The molecule has 1 rings (SSSR count). The summed E-state index contributed by atoms with van der Waals surface area (Å²) < 4.78 is 5.58. The molecule has 0 spiro atoms. The van der Waals surface area contributed by atoms with Crippen LogP contribution in [0.2, 0.25) is 0 Å². The van der Waals surface area contributed by atoms with Crippen LogP contribution in [0, 0.1) is 18.8 Å². The van der Waals surface area contributed by atoms with Crippen molar-refractivity contribution in [3.63, 3.8) is 0 Å². The minimum Gasteiger partial charge on any atom is -1.00 e. The number of hydrogen-bond donors (Lipinski definition) is 0. The Hall–Kier alpha value is 0.426. The van der Waals surface area contributed by atoms with Crippen LogP contribution in [0.15, 0.2) is 30.3 Å². The predicted octanol–water partition coefficient (Wildman–Crippen LogP) is -0.0673. The van der Waals surface area contributed by atoms with E-state index in [9.17, 15) is 0 Å². The zero-order chi connectivity index (χ0) is 10.4. The van der Waals surface area contributed by atoms with Gasteiger partial charge in [0.25, 0.3) is 0 Å². The molecule has 0 saturated carbocycles. The zero-order valence-electron chi connectivity index (χ0n) is 10.2. The summed E-state index contributed by atoms with van der Waals surface area (Å²) in [5.41, 5.74) is 1.23. The SMILES string of the molecule is [Br-].[CH2-][C@H](COCc1ccccc1)C(C)C.[Mg+2]. The van der Waals surface area contributed by atoms with E-state index in [1.165, 1.54) is 5.56 Å². The molecule has 0 fully saturated rings. The summed E-state index contributed by atoms with van der Waals surface area (Å²) in [5.74, 6) is 0.976. The second kappa shape index (κ2) is 10.6. The molecule has 0 bridgehead atoms. The van der Waals surface area contributed by atoms with Crippen molar-refractivity contribution >= 4 is 23.1 Å². The average molecular weight is 296 g/mol. The first-order valence-electron chi connectivity index (χ1n) is 5.15. The third-order valence-corrected chi connectivity index (χ3v) is 2.39. The van der Waals surface area contributed by atoms with Gasteiger partial charge in [-0.15, -0.1) is 5.92 Å². The fourth-order valence-electron chi connectivity index (χ4n) is 1.09. The average Bonchev–Trinajstić information content (AvgIpc) is 2.19. The van der Waals surface area contributed by atoms with Gasteiger partial charge < -0.3 is 28.6 Å². The van der Waals surface area contributed by atoms with Gasteiger partial charge in [-0.3, -0.25) is 0 Å². The Labute approximate surface area is 126 Å². The minimum atomic E-state index is 0. The Bertz CT molecular complexity index is 251. The van der Waals surface area contributed by atoms with E-state index in [0.717, 1.165) is 6.61 Å². The van der Waals surface area contributed by atoms with Crippen molar-refractivity contribution in [3.05, 3.63) is 42.8 Å². The maximum atomic E-state index is 5.58. The van der Waals surface area contributed by atoms with Gasteiger partial charge in [0.2, 0.25) is 0 Å². The maximum absolute atomic E-state index is 5.58. The van der Waals surface area contributed by atoms with Crippen LogP contribution in [0.3, 0.4) is 0 Å². The van der Waals surface area contributed by atoms with Crippen molar-refractivity contribution in [1.82, 2.24) is 0 Å². The van der Waals surface area contributed by atoms with E-state index in [0.29, 0.717) is 18.4 Å². The first kappa shape index (κ1) is 18.8. The van der Waals surface area contributed by atoms with Gasteiger partial charge in [-0.2, -0.15) is 0 Å². The van der Waals surface area contributed by atoms with Crippen LogP contribution in [0.5, 0.6) is 0 Å². The smallest absolute Gasteiger partial charge is 1.00 e. The van der Waals surface area contributed by atoms with Crippen molar-refractivity contribution in [2.24, 2.45) is 11.8 Å². The third kappa shape index (κ3) is 7.66. The molecular formula is C13H19BrMgO. The maximum Gasteiger partial charge on any atom is 2.00 e. The summed E-state index contributed by atoms with van der Waals surface area (Å²) >= 11 is 0. The van der Waals surface area contributed by atoms with Crippen molar-refractivity contribution in [2.75, 3.05) is 6.61 Å². The van der Waals surface area contributed by atoms with Crippen LogP contribution < -0.4 is 17.0 Å². The standard InChI is InChI=1S/C13H19O.BrH.Mg/c1-11(2)12(3)9-14-10-13-7-5-4-6-8-13;;/h4-8,11-12H,3,9-10H2,1-2H3;1H;/q-1;;+2/p-1/t12-;;/m1../s1. The Morgan fingerprint density at radius 1 is 1.19 bits per heavy atom. The topological polar surface area (TPSA) is 9.23 Å². The molecule has 0 amide bonds. The first-order valence-corrected chi connectivity index (χ1v) is 5.15. The molecule has 1 nitrogen and oxygen atoms in total. The van der Waals surface area contributed by atoms with Gasteiger partial charge in [-0.25, -0.2) is 0 Å². The summed E-state index contributed by atoms with van der Waals surface area (Å²) in [5, 5.41) is 0. The van der Waals surface area contributed by atoms with Crippen molar-refractivity contribution in [2.45, 2.75) is 20.5 Å². The van der Waals surface area contributed by atoms with Gasteiger partial charge in [0.1, 0.15) is 0 Å². The normalized spacial score (nSPS) is 11.5. The predicted molar refractivity (Wildman–Crippen MR) is 65.5 cm³/mol. The van der Waals surface area contributed by atoms with Gasteiger partial charge in [0.15, 0.2) is 0 Å². The van der Waals surface area contributed by atoms with Crippen LogP contribution in [-0.2, 0) is 11.3 Å². The molecule has 1 atom stereocenters. The van der Waals surface area contributed by atoms with E-state index < -0.39 is 0 Å². The van der Waals surface area contributed by atoms with Crippen LogP contribution in [0.25, 0.3) is 0 Å². The second-order valence-electron chi connectivity index (χ2n) is 4.00. The summed E-state index contributed by atoms with van der Waals surface area (Å²) in [6.45, 7) is 9.82. The van der Waals surface area contributed by atoms with E-state index in [1.54, 1.807) is 0 Å². The van der Waals surface area contributed by atoms with Gasteiger partial charge >= 0.3 is 23.1 Å². The number of ether oxygens (including phenoxy) is 1. The number of benzene rings is 1. The summed E-state index contributed by atoms with van der Waals surface area (Å²) in [4.78, 5) is 0. The van der Waals surface area contributed by atoms with Crippen LogP contribution in [-0.4, -0.2) is 29.7 Å². The van der Waals surface area contributed by atoms with Gasteiger partial charge in [-0.05, 0) is 5.56 Å². The van der Waals surface area contributed by atoms with E-state index >= 15 is 0 Å². The largest absolute Gasteiger partial charge is 2.00 e. The molecule has 1 aromatic carbocycles. The zero-order valence-corrected chi connectivity index (χ0v) is 13.2. The van der Waals surface area contributed by atoms with Gasteiger partial charge in [0.05, 0.1) is 6.61 Å². The first-order chi connectivity index (χ1) is 6.70. The van der Waals surface area contributed by atoms with E-state index in [2.05, 4.69) is 32.9 Å². The molecule has 0 saturated heterocycles. The summed E-state index contributed by atoms with van der Waals surface area (Å²) in [6.07, 6.45) is 0. The second-order valence-corrected chi connectivity index (χ2v) is 4.00. The molecule has 0 heterocycles. The van der Waals surface area contributed by atoms with Crippen LogP contribution in [0.1, 0.15) is 19.4 Å². The molecule has 0 aliphatic heterocycles. The summed E-state index contributed by atoms with van der Waals surface area (Å²) in [6, 6.07) is 10.2. The van der Waals surface area contributed by atoms with Crippen LogP contribution >= 0.6 is 0 Å². The Morgan fingerprint density at radius 2 is 1.75 bits per heavy atom. The number of hydrogen-bond acceptors (Lipinski definition) is 1. The Kier molecular flexibility index (Phi) is 12.4. The third-order valence-electron chi connectivity index (χ3n) is 2.39. The Balaban J connectivity index is 0.